The van der Waals surface area contributed by atoms with E-state index in [-0.39, 0.29) is 17.9 Å². The lowest BCUT2D eigenvalue weighted by Gasteiger charge is -2.43. The number of aromatic nitrogens is 2. The second-order valence-corrected chi connectivity index (χ2v) is 6.83. The molecule has 2 bridgehead atoms. The molecule has 3 unspecified atom stereocenters. The largest absolute Gasteiger partial charge is 0.352 e. The van der Waals surface area contributed by atoms with Crippen LogP contribution in [0.1, 0.15) is 39.0 Å². The Hall–Kier alpha value is -1.36. The van der Waals surface area contributed by atoms with Gasteiger partial charge in [-0.2, -0.15) is 5.10 Å². The van der Waals surface area contributed by atoms with Gasteiger partial charge in [0.2, 0.25) is 5.91 Å². The Morgan fingerprint density at radius 2 is 2.14 bits per heavy atom. The molecule has 3 N–H and O–H groups in total. The summed E-state index contributed by atoms with van der Waals surface area (Å²) in [5, 5.41) is 7.33. The molecule has 116 valence electrons. The number of amides is 1. The fraction of sp³-hybridized carbons (Fsp3) is 0.750. The van der Waals surface area contributed by atoms with Crippen LogP contribution in [0.5, 0.6) is 0 Å². The summed E-state index contributed by atoms with van der Waals surface area (Å²) in [6, 6.07) is 2.33. The van der Waals surface area contributed by atoms with Gasteiger partial charge in [0, 0.05) is 30.4 Å². The molecule has 3 atom stereocenters. The molecule has 2 fully saturated rings. The molecule has 0 aromatic carbocycles. The first-order valence-corrected chi connectivity index (χ1v) is 8.17. The first-order valence-electron chi connectivity index (χ1n) is 8.17. The predicted octanol–water partition coefficient (Wildman–Crippen LogP) is 1.54. The summed E-state index contributed by atoms with van der Waals surface area (Å²) >= 11 is 0. The monoisotopic (exact) mass is 290 g/mol. The van der Waals surface area contributed by atoms with E-state index in [1.54, 1.807) is 6.20 Å². The third-order valence-corrected chi connectivity index (χ3v) is 5.19. The van der Waals surface area contributed by atoms with Crippen molar-refractivity contribution >= 4 is 5.91 Å². The highest BCUT2D eigenvalue weighted by Gasteiger charge is 2.40. The zero-order valence-electron chi connectivity index (χ0n) is 12.7. The maximum atomic E-state index is 12.5. The van der Waals surface area contributed by atoms with Crippen molar-refractivity contribution < 1.29 is 4.79 Å². The maximum absolute atomic E-state index is 12.5. The number of rotatable bonds is 4. The lowest BCUT2D eigenvalue weighted by atomic mass is 9.65. The normalized spacial score (nSPS) is 33.4. The van der Waals surface area contributed by atoms with Gasteiger partial charge in [0.15, 0.2) is 0 Å². The van der Waals surface area contributed by atoms with Gasteiger partial charge in [0.25, 0.3) is 0 Å². The lowest BCUT2D eigenvalue weighted by Crippen LogP contribution is -2.50. The first-order chi connectivity index (χ1) is 10.1. The Labute approximate surface area is 126 Å². The maximum Gasteiger partial charge on any atom is 0.223 e. The molecule has 1 amide bonds. The number of nitrogens with one attached hydrogen (secondary N) is 1. The molecular formula is C16H26N4O. The summed E-state index contributed by atoms with van der Waals surface area (Å²) in [7, 11) is 0. The van der Waals surface area contributed by atoms with Crippen LogP contribution in [0.2, 0.25) is 0 Å². The van der Waals surface area contributed by atoms with Gasteiger partial charge in [-0.25, -0.2) is 0 Å². The minimum atomic E-state index is 0.104. The number of hydrogen-bond donors (Lipinski definition) is 2. The van der Waals surface area contributed by atoms with Crippen LogP contribution in [0, 0.1) is 17.8 Å². The molecule has 0 aliphatic heterocycles. The van der Waals surface area contributed by atoms with Crippen LogP contribution in [0.25, 0.3) is 0 Å². The molecule has 2 aliphatic rings. The van der Waals surface area contributed by atoms with Crippen LogP contribution in [-0.2, 0) is 11.3 Å². The zero-order chi connectivity index (χ0) is 14.8. The molecule has 21 heavy (non-hydrogen) atoms. The van der Waals surface area contributed by atoms with E-state index in [0.717, 1.165) is 19.4 Å². The van der Waals surface area contributed by atoms with Crippen LogP contribution in [0.4, 0.5) is 0 Å². The van der Waals surface area contributed by atoms with E-state index < -0.39 is 0 Å². The molecule has 1 aromatic rings. The van der Waals surface area contributed by atoms with Crippen molar-refractivity contribution in [1.82, 2.24) is 15.1 Å². The summed E-state index contributed by atoms with van der Waals surface area (Å²) in [6.07, 6.45) is 9.31. The van der Waals surface area contributed by atoms with Gasteiger partial charge in [0.1, 0.15) is 0 Å². The number of carbonyl (C=O) groups excluding carboxylic acids is 1. The van der Waals surface area contributed by atoms with Crippen molar-refractivity contribution in [3.8, 4) is 0 Å². The fourth-order valence-electron chi connectivity index (χ4n) is 4.10. The van der Waals surface area contributed by atoms with E-state index in [1.807, 2.05) is 23.9 Å². The Kier molecular flexibility index (Phi) is 4.29. The molecule has 3 rings (SSSR count). The SMILES string of the molecule is CC(Cn1cccn1)NC(=O)C1CC2CCCC(C1)C2N. The van der Waals surface area contributed by atoms with Gasteiger partial charge in [-0.15, -0.1) is 0 Å². The molecule has 1 aromatic heterocycles. The summed E-state index contributed by atoms with van der Waals surface area (Å²) in [5.41, 5.74) is 6.29. The smallest absolute Gasteiger partial charge is 0.223 e. The van der Waals surface area contributed by atoms with Gasteiger partial charge in [-0.3, -0.25) is 9.48 Å². The minimum absolute atomic E-state index is 0.104. The van der Waals surface area contributed by atoms with E-state index in [1.165, 1.54) is 19.3 Å². The molecule has 5 nitrogen and oxygen atoms in total. The van der Waals surface area contributed by atoms with Gasteiger partial charge < -0.3 is 11.1 Å². The highest BCUT2D eigenvalue weighted by molar-refractivity contribution is 5.79. The third-order valence-electron chi connectivity index (χ3n) is 5.19. The van der Waals surface area contributed by atoms with Gasteiger partial charge in [-0.1, -0.05) is 6.42 Å². The van der Waals surface area contributed by atoms with Crippen molar-refractivity contribution in [3.63, 3.8) is 0 Å². The molecule has 0 radical (unpaired) electrons. The lowest BCUT2D eigenvalue weighted by molar-refractivity contribution is -0.128. The number of nitrogens with zero attached hydrogens (tertiary/aromatic N) is 2. The van der Waals surface area contributed by atoms with E-state index in [9.17, 15) is 4.79 Å². The Balaban J connectivity index is 1.53. The molecule has 0 spiro atoms. The topological polar surface area (TPSA) is 72.9 Å². The van der Waals surface area contributed by atoms with Crippen molar-refractivity contribution in [2.24, 2.45) is 23.5 Å². The second-order valence-electron chi connectivity index (χ2n) is 6.83. The molecule has 2 saturated carbocycles. The van der Waals surface area contributed by atoms with Crippen LogP contribution in [0.3, 0.4) is 0 Å². The van der Waals surface area contributed by atoms with Crippen molar-refractivity contribution in [3.05, 3.63) is 18.5 Å². The zero-order valence-corrected chi connectivity index (χ0v) is 12.7. The van der Waals surface area contributed by atoms with E-state index in [0.29, 0.717) is 17.9 Å². The third kappa shape index (κ3) is 3.28. The van der Waals surface area contributed by atoms with E-state index in [4.69, 9.17) is 5.73 Å². The average Bonchev–Trinajstić information content (AvgIpc) is 2.90. The molecule has 1 heterocycles. The standard InChI is InChI=1S/C16H26N4O/c1-11(10-20-7-3-6-18-20)19-16(21)14-8-12-4-2-5-13(9-14)15(12)17/h3,6-7,11-15H,2,4-5,8-10,17H2,1H3,(H,19,21). The highest BCUT2D eigenvalue weighted by Crippen LogP contribution is 2.41. The van der Waals surface area contributed by atoms with Crippen molar-refractivity contribution in [2.75, 3.05) is 0 Å². The predicted molar refractivity (Wildman–Crippen MR) is 81.4 cm³/mol. The Morgan fingerprint density at radius 3 is 2.76 bits per heavy atom. The number of fused-ring (bicyclic) bond motifs is 2. The number of hydrogen-bond acceptors (Lipinski definition) is 3. The highest BCUT2D eigenvalue weighted by atomic mass is 16.1. The average molecular weight is 290 g/mol. The summed E-state index contributed by atoms with van der Waals surface area (Å²) in [5.74, 6) is 1.46. The number of nitrogens with two attached hydrogens (primary N) is 1. The molecular weight excluding hydrogens is 264 g/mol. The quantitative estimate of drug-likeness (QED) is 0.883. The van der Waals surface area contributed by atoms with E-state index >= 15 is 0 Å². The van der Waals surface area contributed by atoms with Crippen LogP contribution < -0.4 is 11.1 Å². The summed E-state index contributed by atoms with van der Waals surface area (Å²) < 4.78 is 1.86. The van der Waals surface area contributed by atoms with E-state index in [2.05, 4.69) is 10.4 Å². The van der Waals surface area contributed by atoms with Crippen LogP contribution in [0.15, 0.2) is 18.5 Å². The van der Waals surface area contributed by atoms with Gasteiger partial charge in [-0.05, 0) is 50.5 Å². The number of carbonyl (C=O) groups is 1. The van der Waals surface area contributed by atoms with Gasteiger partial charge >= 0.3 is 0 Å². The van der Waals surface area contributed by atoms with Crippen LogP contribution in [-0.4, -0.2) is 27.8 Å². The van der Waals surface area contributed by atoms with Crippen molar-refractivity contribution in [2.45, 2.75) is 57.7 Å². The van der Waals surface area contributed by atoms with Crippen molar-refractivity contribution in [1.29, 1.82) is 0 Å². The first kappa shape index (κ1) is 14.6. The minimum Gasteiger partial charge on any atom is -0.352 e. The fourth-order valence-corrected chi connectivity index (χ4v) is 4.10. The Morgan fingerprint density at radius 1 is 1.43 bits per heavy atom. The molecule has 2 aliphatic carbocycles. The second kappa shape index (κ2) is 6.18. The summed E-state index contributed by atoms with van der Waals surface area (Å²) in [6.45, 7) is 2.76. The summed E-state index contributed by atoms with van der Waals surface area (Å²) in [4.78, 5) is 12.5. The van der Waals surface area contributed by atoms with Crippen LogP contribution >= 0.6 is 0 Å². The molecule has 0 saturated heterocycles. The van der Waals surface area contributed by atoms with Gasteiger partial charge in [0.05, 0.1) is 6.54 Å². The Bertz CT molecular complexity index is 459. The molecule has 5 heteroatoms.